The number of phenolic OH excluding ortho intramolecular Hbond substituents is 1. The molecule has 2 aromatic carbocycles. The van der Waals surface area contributed by atoms with Crippen LogP contribution in [0.2, 0.25) is 0 Å². The second kappa shape index (κ2) is 6.27. The van der Waals surface area contributed by atoms with Crippen LogP contribution in [-0.4, -0.2) is 12.2 Å². The fraction of sp³-hybridized carbons (Fsp3) is 0.0625. The number of aromatic hydroxyl groups is 1. The summed E-state index contributed by atoms with van der Waals surface area (Å²) in [6.07, 6.45) is 1.64. The van der Waals surface area contributed by atoms with Crippen LogP contribution in [0.3, 0.4) is 0 Å². The number of nitriles is 1. The second-order valence-electron chi connectivity index (χ2n) is 4.08. The fourth-order valence-electron chi connectivity index (χ4n) is 1.81. The first-order valence-electron chi connectivity index (χ1n) is 5.89. The molecule has 1 N–H and O–H groups in total. The average Bonchev–Trinajstić information content (AvgIpc) is 2.48. The van der Waals surface area contributed by atoms with E-state index in [-0.39, 0.29) is 5.75 Å². The molecular formula is C16H12BrNO2. The van der Waals surface area contributed by atoms with Crippen LogP contribution >= 0.6 is 15.9 Å². The molecule has 4 heteroatoms. The zero-order chi connectivity index (χ0) is 14.5. The van der Waals surface area contributed by atoms with Gasteiger partial charge in [-0.15, -0.1) is 0 Å². The second-order valence-corrected chi connectivity index (χ2v) is 5.00. The summed E-state index contributed by atoms with van der Waals surface area (Å²) in [5.41, 5.74) is 1.80. The molecule has 0 aliphatic rings. The Kier molecular flexibility index (Phi) is 4.44. The molecule has 0 aliphatic carbocycles. The van der Waals surface area contributed by atoms with E-state index in [0.29, 0.717) is 16.9 Å². The van der Waals surface area contributed by atoms with Crippen molar-refractivity contribution in [3.63, 3.8) is 0 Å². The highest BCUT2D eigenvalue weighted by atomic mass is 79.9. The van der Waals surface area contributed by atoms with Gasteiger partial charge in [-0.05, 0) is 23.8 Å². The molecule has 0 fully saturated rings. The first-order valence-corrected chi connectivity index (χ1v) is 6.68. The number of nitrogens with zero attached hydrogens (tertiary/aromatic N) is 1. The Bertz CT molecular complexity index is 688. The van der Waals surface area contributed by atoms with Crippen LogP contribution in [0.5, 0.6) is 11.5 Å². The Hall–Kier alpha value is -2.25. The molecule has 0 aromatic heterocycles. The molecule has 0 radical (unpaired) electrons. The molecule has 2 rings (SSSR count). The van der Waals surface area contributed by atoms with Crippen molar-refractivity contribution in [1.29, 1.82) is 5.26 Å². The summed E-state index contributed by atoms with van der Waals surface area (Å²) in [6.45, 7) is 0. The Labute approximate surface area is 125 Å². The van der Waals surface area contributed by atoms with Crippen LogP contribution < -0.4 is 4.74 Å². The number of hydrogen-bond acceptors (Lipinski definition) is 3. The average molecular weight is 330 g/mol. The largest absolute Gasteiger partial charge is 0.504 e. The smallest absolute Gasteiger partial charge is 0.165 e. The summed E-state index contributed by atoms with van der Waals surface area (Å²) in [5, 5.41) is 19.4. The SMILES string of the molecule is COc1cc(Br)cc(/C=C(\C#N)c2ccccc2)c1O. The number of phenols is 1. The zero-order valence-corrected chi connectivity index (χ0v) is 12.4. The number of methoxy groups -OCH3 is 1. The summed E-state index contributed by atoms with van der Waals surface area (Å²) in [7, 11) is 1.48. The van der Waals surface area contributed by atoms with E-state index in [4.69, 9.17) is 4.74 Å². The van der Waals surface area contributed by atoms with Crippen molar-refractivity contribution in [1.82, 2.24) is 0 Å². The molecule has 0 aliphatic heterocycles. The van der Waals surface area contributed by atoms with Gasteiger partial charge in [0.05, 0.1) is 18.8 Å². The maximum Gasteiger partial charge on any atom is 0.165 e. The zero-order valence-electron chi connectivity index (χ0n) is 10.8. The van der Waals surface area contributed by atoms with Gasteiger partial charge >= 0.3 is 0 Å². The van der Waals surface area contributed by atoms with Gasteiger partial charge in [0.2, 0.25) is 0 Å². The molecular weight excluding hydrogens is 318 g/mol. The molecule has 20 heavy (non-hydrogen) atoms. The lowest BCUT2D eigenvalue weighted by atomic mass is 10.0. The minimum absolute atomic E-state index is 0.0133. The number of rotatable bonds is 3. The van der Waals surface area contributed by atoms with E-state index in [1.807, 2.05) is 30.3 Å². The van der Waals surface area contributed by atoms with Gasteiger partial charge in [-0.1, -0.05) is 46.3 Å². The van der Waals surface area contributed by atoms with E-state index >= 15 is 0 Å². The molecule has 2 aromatic rings. The molecule has 3 nitrogen and oxygen atoms in total. The lowest BCUT2D eigenvalue weighted by molar-refractivity contribution is 0.372. The van der Waals surface area contributed by atoms with Gasteiger partial charge < -0.3 is 9.84 Å². The Balaban J connectivity index is 2.54. The predicted octanol–water partition coefficient (Wildman–Crippen LogP) is 4.23. The summed E-state index contributed by atoms with van der Waals surface area (Å²) < 4.78 is 5.86. The third-order valence-electron chi connectivity index (χ3n) is 2.79. The van der Waals surface area contributed by atoms with Crippen molar-refractivity contribution in [3.8, 4) is 17.6 Å². The van der Waals surface area contributed by atoms with E-state index in [1.165, 1.54) is 7.11 Å². The summed E-state index contributed by atoms with van der Waals surface area (Å²) in [4.78, 5) is 0. The molecule has 0 heterocycles. The minimum atomic E-state index is 0.0133. The molecule has 0 atom stereocenters. The van der Waals surface area contributed by atoms with E-state index in [0.717, 1.165) is 10.0 Å². The third-order valence-corrected chi connectivity index (χ3v) is 3.25. The number of halogens is 1. The van der Waals surface area contributed by atoms with Gasteiger partial charge in [0, 0.05) is 10.0 Å². The molecule has 0 spiro atoms. The van der Waals surface area contributed by atoms with Crippen LogP contribution in [0.25, 0.3) is 11.6 Å². The maximum absolute atomic E-state index is 10.1. The van der Waals surface area contributed by atoms with Crippen LogP contribution in [-0.2, 0) is 0 Å². The molecule has 0 saturated carbocycles. The summed E-state index contributed by atoms with van der Waals surface area (Å²) in [5.74, 6) is 0.371. The maximum atomic E-state index is 10.1. The van der Waals surface area contributed by atoms with Gasteiger partial charge in [-0.2, -0.15) is 5.26 Å². The normalized spacial score (nSPS) is 10.9. The Morgan fingerprint density at radius 3 is 2.60 bits per heavy atom. The number of hydrogen-bond donors (Lipinski definition) is 1. The van der Waals surface area contributed by atoms with Crippen molar-refractivity contribution >= 4 is 27.6 Å². The van der Waals surface area contributed by atoms with Crippen molar-refractivity contribution in [2.45, 2.75) is 0 Å². The van der Waals surface area contributed by atoms with Gasteiger partial charge in [-0.3, -0.25) is 0 Å². The summed E-state index contributed by atoms with van der Waals surface area (Å²) in [6, 6.07) is 14.9. The molecule has 0 amide bonds. The van der Waals surface area contributed by atoms with E-state index in [9.17, 15) is 10.4 Å². The van der Waals surface area contributed by atoms with Gasteiger partial charge in [0.15, 0.2) is 11.5 Å². The van der Waals surface area contributed by atoms with Crippen molar-refractivity contribution in [3.05, 3.63) is 58.1 Å². The lowest BCUT2D eigenvalue weighted by Gasteiger charge is -2.08. The lowest BCUT2D eigenvalue weighted by Crippen LogP contribution is -1.87. The van der Waals surface area contributed by atoms with Crippen LogP contribution in [0, 0.1) is 11.3 Å². The molecule has 0 bridgehead atoms. The van der Waals surface area contributed by atoms with Gasteiger partial charge in [0.1, 0.15) is 0 Å². The highest BCUT2D eigenvalue weighted by molar-refractivity contribution is 9.10. The first kappa shape index (κ1) is 14.2. The van der Waals surface area contributed by atoms with Crippen molar-refractivity contribution in [2.75, 3.05) is 7.11 Å². The van der Waals surface area contributed by atoms with E-state index in [2.05, 4.69) is 22.0 Å². The Morgan fingerprint density at radius 1 is 1.30 bits per heavy atom. The standard InChI is InChI=1S/C16H12BrNO2/c1-20-15-9-14(17)8-12(16(15)19)7-13(10-18)11-5-3-2-4-6-11/h2-9,19H,1H3/b13-7+. The fourth-order valence-corrected chi connectivity index (χ4v) is 2.27. The topological polar surface area (TPSA) is 53.2 Å². The van der Waals surface area contributed by atoms with Crippen LogP contribution in [0.1, 0.15) is 11.1 Å². The number of ether oxygens (including phenoxy) is 1. The third kappa shape index (κ3) is 3.01. The molecule has 0 unspecified atom stereocenters. The molecule has 0 saturated heterocycles. The quantitative estimate of drug-likeness (QED) is 0.677. The first-order chi connectivity index (χ1) is 9.65. The number of benzene rings is 2. The van der Waals surface area contributed by atoms with Crippen LogP contribution in [0.4, 0.5) is 0 Å². The number of allylic oxidation sites excluding steroid dienone is 1. The van der Waals surface area contributed by atoms with Gasteiger partial charge in [-0.25, -0.2) is 0 Å². The van der Waals surface area contributed by atoms with Crippen molar-refractivity contribution < 1.29 is 9.84 Å². The van der Waals surface area contributed by atoms with Gasteiger partial charge in [0.25, 0.3) is 0 Å². The highest BCUT2D eigenvalue weighted by Crippen LogP contribution is 2.35. The minimum Gasteiger partial charge on any atom is -0.504 e. The van der Waals surface area contributed by atoms with Crippen molar-refractivity contribution in [2.24, 2.45) is 0 Å². The van der Waals surface area contributed by atoms with Crippen LogP contribution in [0.15, 0.2) is 46.9 Å². The predicted molar refractivity (Wildman–Crippen MR) is 82.3 cm³/mol. The van der Waals surface area contributed by atoms with E-state index in [1.54, 1.807) is 18.2 Å². The highest BCUT2D eigenvalue weighted by Gasteiger charge is 2.10. The monoisotopic (exact) mass is 329 g/mol. The Morgan fingerprint density at radius 2 is 2.00 bits per heavy atom. The van der Waals surface area contributed by atoms with E-state index < -0.39 is 0 Å². The molecule has 100 valence electrons. The summed E-state index contributed by atoms with van der Waals surface area (Å²) >= 11 is 3.35.